The van der Waals surface area contributed by atoms with Crippen molar-refractivity contribution in [3.63, 3.8) is 0 Å². The molecule has 0 saturated carbocycles. The van der Waals surface area contributed by atoms with Gasteiger partial charge in [0.25, 0.3) is 0 Å². The zero-order chi connectivity index (χ0) is 21.6. The van der Waals surface area contributed by atoms with Gasteiger partial charge in [-0.1, -0.05) is 62.0 Å². The Morgan fingerprint density at radius 2 is 1.55 bits per heavy atom. The lowest BCUT2D eigenvalue weighted by atomic mass is 10.2. The first-order valence-electron chi connectivity index (χ1n) is 10.2. The second kappa shape index (κ2) is 21.1. The number of thioether (sulfide) groups is 2. The number of carboxylic acid groups (broad SMARTS) is 2. The molecular formula is C23H34O4S2. The summed E-state index contributed by atoms with van der Waals surface area (Å²) < 4.78 is 0.0253. The van der Waals surface area contributed by atoms with Gasteiger partial charge in [0.2, 0.25) is 0 Å². The Balaban J connectivity index is 4.25. The predicted molar refractivity (Wildman–Crippen MR) is 126 cm³/mol. The number of carboxylic acids is 2. The zero-order valence-corrected chi connectivity index (χ0v) is 19.0. The smallest absolute Gasteiger partial charge is 0.303 e. The molecule has 0 heterocycles. The van der Waals surface area contributed by atoms with E-state index in [-0.39, 0.29) is 17.4 Å². The van der Waals surface area contributed by atoms with Crippen LogP contribution in [0.2, 0.25) is 0 Å². The van der Waals surface area contributed by atoms with Gasteiger partial charge in [0.15, 0.2) is 0 Å². The number of allylic oxidation sites excluding steroid dienone is 6. The van der Waals surface area contributed by atoms with Crippen LogP contribution in [0, 0.1) is 11.8 Å². The molecule has 0 atom stereocenters. The molecule has 0 aliphatic heterocycles. The van der Waals surface area contributed by atoms with Gasteiger partial charge in [-0.25, -0.2) is 0 Å². The predicted octanol–water partition coefficient (Wildman–Crippen LogP) is 6.15. The highest BCUT2D eigenvalue weighted by Crippen LogP contribution is 2.25. The Morgan fingerprint density at radius 3 is 2.14 bits per heavy atom. The minimum Gasteiger partial charge on any atom is -0.481 e. The Hall–Kier alpha value is -1.58. The molecule has 0 rings (SSSR count). The summed E-state index contributed by atoms with van der Waals surface area (Å²) in [5, 5.41) is 17.4. The third kappa shape index (κ3) is 22.6. The highest BCUT2D eigenvalue weighted by Gasteiger charge is 2.07. The molecule has 6 heteroatoms. The fourth-order valence-electron chi connectivity index (χ4n) is 2.14. The van der Waals surface area contributed by atoms with Crippen molar-refractivity contribution in [3.8, 4) is 11.8 Å². The van der Waals surface area contributed by atoms with Gasteiger partial charge in [-0.15, -0.1) is 23.5 Å². The third-order valence-electron chi connectivity index (χ3n) is 3.65. The molecule has 0 radical (unpaired) electrons. The summed E-state index contributed by atoms with van der Waals surface area (Å²) in [7, 11) is 0. The number of hydrogen-bond acceptors (Lipinski definition) is 4. The van der Waals surface area contributed by atoms with E-state index >= 15 is 0 Å². The van der Waals surface area contributed by atoms with E-state index in [4.69, 9.17) is 10.2 Å². The zero-order valence-electron chi connectivity index (χ0n) is 17.3. The maximum atomic E-state index is 10.6. The SMILES string of the molecule is CCCCCC=CCC=CC=CC#CC(SCCCC(=O)O)SCCCC(=O)O. The van der Waals surface area contributed by atoms with Crippen LogP contribution in [0.25, 0.3) is 0 Å². The topological polar surface area (TPSA) is 74.6 Å². The first-order chi connectivity index (χ1) is 14.1. The van der Waals surface area contributed by atoms with E-state index in [1.807, 2.05) is 18.2 Å². The Bertz CT molecular complexity index is 563. The van der Waals surface area contributed by atoms with Gasteiger partial charge < -0.3 is 10.2 Å². The van der Waals surface area contributed by atoms with Gasteiger partial charge in [0, 0.05) is 12.8 Å². The van der Waals surface area contributed by atoms with Gasteiger partial charge in [-0.05, 0) is 49.7 Å². The van der Waals surface area contributed by atoms with Crippen LogP contribution < -0.4 is 0 Å². The minimum absolute atomic E-state index is 0.0253. The monoisotopic (exact) mass is 438 g/mol. The summed E-state index contributed by atoms with van der Waals surface area (Å²) >= 11 is 3.25. The quantitative estimate of drug-likeness (QED) is 0.0932. The lowest BCUT2D eigenvalue weighted by molar-refractivity contribution is -0.138. The average molecular weight is 439 g/mol. The van der Waals surface area contributed by atoms with Crippen molar-refractivity contribution in [1.82, 2.24) is 0 Å². The highest BCUT2D eigenvalue weighted by atomic mass is 32.2. The fraction of sp³-hybridized carbons (Fsp3) is 0.565. The molecule has 0 aliphatic carbocycles. The molecule has 0 unspecified atom stereocenters. The van der Waals surface area contributed by atoms with Crippen molar-refractivity contribution in [2.24, 2.45) is 0 Å². The molecule has 0 aromatic carbocycles. The van der Waals surface area contributed by atoms with Crippen LogP contribution in [-0.2, 0) is 9.59 Å². The fourth-order valence-corrected chi connectivity index (χ4v) is 4.46. The Labute approximate surface area is 184 Å². The molecule has 0 amide bonds. The summed E-state index contributed by atoms with van der Waals surface area (Å²) in [4.78, 5) is 21.2. The second-order valence-corrected chi connectivity index (χ2v) is 9.07. The average Bonchev–Trinajstić information content (AvgIpc) is 2.68. The number of aliphatic carboxylic acids is 2. The van der Waals surface area contributed by atoms with E-state index in [1.165, 1.54) is 19.3 Å². The van der Waals surface area contributed by atoms with Crippen LogP contribution in [0.1, 0.15) is 64.7 Å². The number of hydrogen-bond donors (Lipinski definition) is 2. The Kier molecular flexibility index (Phi) is 20.0. The molecule has 0 fully saturated rings. The molecule has 0 aromatic rings. The largest absolute Gasteiger partial charge is 0.481 e. The summed E-state index contributed by atoms with van der Waals surface area (Å²) in [6.07, 6.45) is 19.6. The van der Waals surface area contributed by atoms with Crippen molar-refractivity contribution in [1.29, 1.82) is 0 Å². The van der Waals surface area contributed by atoms with E-state index in [2.05, 4.69) is 37.0 Å². The Morgan fingerprint density at radius 1 is 0.897 bits per heavy atom. The molecule has 0 aromatic heterocycles. The van der Waals surface area contributed by atoms with Crippen molar-refractivity contribution in [2.75, 3.05) is 11.5 Å². The number of rotatable bonds is 17. The maximum absolute atomic E-state index is 10.6. The highest BCUT2D eigenvalue weighted by molar-refractivity contribution is 8.17. The molecule has 2 N–H and O–H groups in total. The van der Waals surface area contributed by atoms with Crippen LogP contribution >= 0.6 is 23.5 Å². The standard InChI is InChI=1S/C23H34O4S2/c1-2-3-4-5-6-7-8-9-10-11-12-13-18-23(28-19-14-16-21(24)25)29-20-15-17-22(26)27/h6-7,9-12,23H,2-5,8,14-17,19-20H2,1H3,(H,24,25)(H,26,27). The number of unbranched alkanes of at least 4 members (excludes halogenated alkanes) is 3. The molecule has 0 spiro atoms. The van der Waals surface area contributed by atoms with Crippen molar-refractivity contribution in [3.05, 3.63) is 36.5 Å². The van der Waals surface area contributed by atoms with E-state index in [9.17, 15) is 9.59 Å². The summed E-state index contributed by atoms with van der Waals surface area (Å²) in [5.74, 6) is 6.10. The normalized spacial score (nSPS) is 11.5. The maximum Gasteiger partial charge on any atom is 0.303 e. The van der Waals surface area contributed by atoms with Crippen molar-refractivity contribution < 1.29 is 19.8 Å². The summed E-state index contributed by atoms with van der Waals surface area (Å²) in [6, 6.07) is 0. The first kappa shape index (κ1) is 27.4. The minimum atomic E-state index is -0.784. The lowest BCUT2D eigenvalue weighted by Crippen LogP contribution is -2.01. The van der Waals surface area contributed by atoms with Crippen LogP contribution in [-0.4, -0.2) is 38.2 Å². The van der Waals surface area contributed by atoms with Crippen molar-refractivity contribution in [2.45, 2.75) is 69.3 Å². The van der Waals surface area contributed by atoms with Crippen LogP contribution in [0.15, 0.2) is 36.5 Å². The molecule has 0 bridgehead atoms. The van der Waals surface area contributed by atoms with Gasteiger partial charge in [-0.3, -0.25) is 9.59 Å². The number of carbonyl (C=O) groups is 2. The van der Waals surface area contributed by atoms with Crippen LogP contribution in [0.5, 0.6) is 0 Å². The van der Waals surface area contributed by atoms with Crippen molar-refractivity contribution >= 4 is 35.5 Å². The van der Waals surface area contributed by atoms with Gasteiger partial charge in [0.05, 0.1) is 0 Å². The van der Waals surface area contributed by atoms with E-state index in [1.54, 1.807) is 23.5 Å². The van der Waals surface area contributed by atoms with E-state index in [0.717, 1.165) is 24.3 Å². The summed E-state index contributed by atoms with van der Waals surface area (Å²) in [6.45, 7) is 2.21. The second-order valence-electron chi connectivity index (χ2n) is 6.35. The summed E-state index contributed by atoms with van der Waals surface area (Å²) in [5.41, 5.74) is 0. The van der Waals surface area contributed by atoms with Gasteiger partial charge >= 0.3 is 11.9 Å². The lowest BCUT2D eigenvalue weighted by Gasteiger charge is -2.09. The molecule has 162 valence electrons. The first-order valence-corrected chi connectivity index (χ1v) is 12.3. The molecule has 0 saturated heterocycles. The van der Waals surface area contributed by atoms with E-state index < -0.39 is 11.9 Å². The van der Waals surface area contributed by atoms with Gasteiger partial charge in [0.1, 0.15) is 4.58 Å². The van der Waals surface area contributed by atoms with Crippen LogP contribution in [0.3, 0.4) is 0 Å². The third-order valence-corrected chi connectivity index (χ3v) is 6.36. The van der Waals surface area contributed by atoms with E-state index in [0.29, 0.717) is 12.8 Å². The molecular weight excluding hydrogens is 404 g/mol. The molecule has 4 nitrogen and oxygen atoms in total. The van der Waals surface area contributed by atoms with Crippen LogP contribution in [0.4, 0.5) is 0 Å². The molecule has 0 aliphatic rings. The molecule has 29 heavy (non-hydrogen) atoms. The van der Waals surface area contributed by atoms with Gasteiger partial charge in [-0.2, -0.15) is 0 Å².